The number of hydrogen-bond acceptors (Lipinski definition) is 3. The van der Waals surface area contributed by atoms with Crippen LogP contribution in [0, 0.1) is 0 Å². The molecule has 4 rings (SSSR count). The highest BCUT2D eigenvalue weighted by atomic mass is 79.9. The van der Waals surface area contributed by atoms with Crippen LogP contribution >= 0.6 is 15.9 Å². The van der Waals surface area contributed by atoms with Gasteiger partial charge in [-0.2, -0.15) is 0 Å². The largest absolute Gasteiger partial charge is 0.454 e. The molecule has 0 spiro atoms. The van der Waals surface area contributed by atoms with Gasteiger partial charge in [0.25, 0.3) is 5.91 Å². The lowest BCUT2D eigenvalue weighted by Gasteiger charge is -2.31. The van der Waals surface area contributed by atoms with Crippen molar-refractivity contribution in [2.24, 2.45) is 0 Å². The molecule has 0 unspecified atom stereocenters. The van der Waals surface area contributed by atoms with Crippen molar-refractivity contribution < 1.29 is 14.3 Å². The van der Waals surface area contributed by atoms with Crippen LogP contribution in [0.1, 0.15) is 28.4 Å². The van der Waals surface area contributed by atoms with E-state index < -0.39 is 8.07 Å². The zero-order valence-corrected chi connectivity index (χ0v) is 18.6. The van der Waals surface area contributed by atoms with E-state index in [1.54, 1.807) is 18.2 Å². The predicted molar refractivity (Wildman–Crippen MR) is 114 cm³/mol. The van der Waals surface area contributed by atoms with E-state index in [-0.39, 0.29) is 12.7 Å². The minimum Gasteiger partial charge on any atom is -0.454 e. The van der Waals surface area contributed by atoms with Crippen LogP contribution in [0.4, 0.5) is 5.69 Å². The van der Waals surface area contributed by atoms with Gasteiger partial charge in [0.05, 0.1) is 13.8 Å². The number of aryl methyl sites for hydroxylation is 1. The maximum Gasteiger partial charge on any atom is 0.258 e. The number of carbonyl (C=O) groups is 1. The molecule has 0 bridgehead atoms. The van der Waals surface area contributed by atoms with Crippen molar-refractivity contribution in [1.29, 1.82) is 0 Å². The summed E-state index contributed by atoms with van der Waals surface area (Å²) >= 11 is 3.72. The van der Waals surface area contributed by atoms with Gasteiger partial charge in [0.15, 0.2) is 11.5 Å². The lowest BCUT2D eigenvalue weighted by molar-refractivity contribution is 0.0987. The summed E-state index contributed by atoms with van der Waals surface area (Å²) in [4.78, 5) is 15.0. The molecule has 0 aliphatic carbocycles. The molecule has 0 N–H and O–H groups in total. The van der Waals surface area contributed by atoms with Crippen molar-refractivity contribution in [1.82, 2.24) is 0 Å². The molecule has 2 aromatic carbocycles. The molecule has 0 saturated heterocycles. The Labute approximate surface area is 169 Å². The lowest BCUT2D eigenvalue weighted by Crippen LogP contribution is -2.35. The Morgan fingerprint density at radius 3 is 2.70 bits per heavy atom. The highest BCUT2D eigenvalue weighted by molar-refractivity contribution is 9.10. The average Bonchev–Trinajstić information content (AvgIpc) is 3.09. The van der Waals surface area contributed by atoms with Gasteiger partial charge in [-0.15, -0.1) is 0 Å². The highest BCUT2D eigenvalue weighted by Crippen LogP contribution is 2.37. The number of rotatable bonds is 3. The van der Waals surface area contributed by atoms with E-state index in [0.29, 0.717) is 23.6 Å². The third-order valence-electron chi connectivity index (χ3n) is 5.48. The smallest absolute Gasteiger partial charge is 0.258 e. The molecule has 1 amide bonds. The number of benzene rings is 2. The van der Waals surface area contributed by atoms with E-state index in [9.17, 15) is 4.79 Å². The molecule has 6 heteroatoms. The van der Waals surface area contributed by atoms with Crippen LogP contribution in [0.25, 0.3) is 0 Å². The number of nitrogens with zero attached hydrogens (tertiary/aromatic N) is 1. The molecule has 142 valence electrons. The van der Waals surface area contributed by atoms with E-state index in [1.807, 2.05) is 11.8 Å². The third-order valence-corrected chi connectivity index (χ3v) is 9.06. The number of fused-ring (bicyclic) bond motifs is 2. The molecule has 0 saturated carbocycles. The monoisotopic (exact) mass is 445 g/mol. The second kappa shape index (κ2) is 6.98. The quantitative estimate of drug-likeness (QED) is 0.609. The van der Waals surface area contributed by atoms with Crippen molar-refractivity contribution >= 4 is 35.6 Å². The van der Waals surface area contributed by atoms with Gasteiger partial charge in [0.1, 0.15) is 0 Å². The minimum atomic E-state index is -1.13. The number of hydrogen-bond donors (Lipinski definition) is 0. The molecule has 2 aliphatic heterocycles. The summed E-state index contributed by atoms with van der Waals surface area (Å²) in [7, 11) is -1.13. The first-order valence-corrected chi connectivity index (χ1v) is 13.6. The van der Waals surface area contributed by atoms with E-state index in [2.05, 4.69) is 41.2 Å². The van der Waals surface area contributed by atoms with Crippen molar-refractivity contribution in [3.63, 3.8) is 0 Å². The molecule has 0 radical (unpaired) electrons. The number of halogens is 1. The van der Waals surface area contributed by atoms with Gasteiger partial charge in [-0.25, -0.2) is 0 Å². The van der Waals surface area contributed by atoms with Crippen LogP contribution in [-0.4, -0.2) is 27.3 Å². The van der Waals surface area contributed by atoms with Crippen molar-refractivity contribution in [2.45, 2.75) is 38.5 Å². The van der Waals surface area contributed by atoms with E-state index >= 15 is 0 Å². The fourth-order valence-corrected chi connectivity index (χ4v) is 7.02. The summed E-state index contributed by atoms with van der Waals surface area (Å²) < 4.78 is 11.8. The van der Waals surface area contributed by atoms with Crippen molar-refractivity contribution in [3.05, 3.63) is 51.5 Å². The minimum absolute atomic E-state index is 0.0260. The molecule has 2 aliphatic rings. The van der Waals surface area contributed by atoms with Crippen LogP contribution in [-0.2, 0) is 12.5 Å². The fraction of sp³-hybridized carbons (Fsp3) is 0.381. The van der Waals surface area contributed by atoms with Crippen LogP contribution < -0.4 is 14.4 Å². The first kappa shape index (κ1) is 18.6. The summed E-state index contributed by atoms with van der Waals surface area (Å²) in [6.45, 7) is 7.73. The van der Waals surface area contributed by atoms with Crippen molar-refractivity contribution in [2.75, 3.05) is 18.2 Å². The highest BCUT2D eigenvalue weighted by Gasteiger charge is 2.29. The predicted octanol–water partition coefficient (Wildman–Crippen LogP) is 5.19. The number of amides is 1. The lowest BCUT2D eigenvalue weighted by atomic mass is 10.0. The molecule has 0 atom stereocenters. The van der Waals surface area contributed by atoms with Crippen LogP contribution in [0.5, 0.6) is 11.5 Å². The van der Waals surface area contributed by atoms with E-state index in [0.717, 1.165) is 16.6 Å². The summed E-state index contributed by atoms with van der Waals surface area (Å²) in [6.07, 6.45) is 1.12. The standard InChI is InChI=1S/C21H24BrNO3Si/c1-4-23(21(24)15-5-6-19-20(11-15)26-13-25-19)18-10-14-7-8-27(2,3)12-16(14)9-17(18)22/h5-6,9-11H,4,7-8,12-13H2,1-3H3. The Balaban J connectivity index is 1.67. The topological polar surface area (TPSA) is 38.8 Å². The van der Waals surface area contributed by atoms with Gasteiger partial charge in [0.2, 0.25) is 6.79 Å². The summed E-state index contributed by atoms with van der Waals surface area (Å²) in [5.41, 5.74) is 4.39. The molecule has 2 aromatic rings. The Morgan fingerprint density at radius 2 is 1.93 bits per heavy atom. The molecule has 2 heterocycles. The first-order chi connectivity index (χ1) is 12.9. The van der Waals surface area contributed by atoms with Crippen LogP contribution in [0.3, 0.4) is 0 Å². The van der Waals surface area contributed by atoms with Crippen molar-refractivity contribution in [3.8, 4) is 11.5 Å². The maximum absolute atomic E-state index is 13.2. The normalized spacial score (nSPS) is 16.7. The number of ether oxygens (including phenoxy) is 2. The fourth-order valence-electron chi connectivity index (χ4n) is 3.94. The second-order valence-electron chi connectivity index (χ2n) is 8.03. The number of carbonyl (C=O) groups excluding carboxylic acids is 1. The third kappa shape index (κ3) is 3.52. The molecular formula is C21H24BrNO3Si. The summed E-state index contributed by atoms with van der Waals surface area (Å²) in [5.74, 6) is 1.30. The van der Waals surface area contributed by atoms with Gasteiger partial charge < -0.3 is 14.4 Å². The Kier molecular flexibility index (Phi) is 4.80. The summed E-state index contributed by atoms with van der Waals surface area (Å²) in [5, 5.41) is 0. The van der Waals surface area contributed by atoms with Gasteiger partial charge in [0, 0.05) is 16.6 Å². The Bertz CT molecular complexity index is 913. The van der Waals surface area contributed by atoms with Gasteiger partial charge in [-0.3, -0.25) is 4.79 Å². The van der Waals surface area contributed by atoms with Gasteiger partial charge in [-0.1, -0.05) is 19.1 Å². The van der Waals surface area contributed by atoms with E-state index in [1.165, 1.54) is 23.2 Å². The molecule has 0 aromatic heterocycles. The summed E-state index contributed by atoms with van der Waals surface area (Å²) in [6, 6.07) is 12.3. The zero-order chi connectivity index (χ0) is 19.2. The second-order valence-corrected chi connectivity index (χ2v) is 14.1. The van der Waals surface area contributed by atoms with Crippen LogP contribution in [0.15, 0.2) is 34.8 Å². The number of anilines is 1. The van der Waals surface area contributed by atoms with Crippen LogP contribution in [0.2, 0.25) is 19.1 Å². The molecule has 0 fully saturated rings. The SMILES string of the molecule is CCN(C(=O)c1ccc2c(c1)OCO2)c1cc2c(cc1Br)C[Si](C)(C)CC2. The molecule has 27 heavy (non-hydrogen) atoms. The molecule has 4 nitrogen and oxygen atoms in total. The van der Waals surface area contributed by atoms with Gasteiger partial charge in [-0.05, 0) is 76.8 Å². The average molecular weight is 446 g/mol. The Morgan fingerprint density at radius 1 is 1.15 bits per heavy atom. The zero-order valence-electron chi connectivity index (χ0n) is 16.0. The maximum atomic E-state index is 13.2. The molecular weight excluding hydrogens is 422 g/mol. The van der Waals surface area contributed by atoms with E-state index in [4.69, 9.17) is 9.47 Å². The van der Waals surface area contributed by atoms with Gasteiger partial charge >= 0.3 is 0 Å². The first-order valence-electron chi connectivity index (χ1n) is 9.41. The Hall–Kier alpha value is -1.79.